The molecular formula is C27H24N4O2S4. The molecule has 188 valence electrons. The van der Waals surface area contributed by atoms with Crippen LogP contribution in [0.15, 0.2) is 93.3 Å². The molecule has 0 bridgehead atoms. The van der Waals surface area contributed by atoms with Gasteiger partial charge in [0.25, 0.3) is 0 Å². The van der Waals surface area contributed by atoms with Gasteiger partial charge in [-0.05, 0) is 35.8 Å². The summed E-state index contributed by atoms with van der Waals surface area (Å²) in [4.78, 5) is 5.80. The third-order valence-electron chi connectivity index (χ3n) is 5.88. The molecule has 2 heterocycles. The molecule has 0 aliphatic heterocycles. The molecule has 0 amide bonds. The second kappa shape index (κ2) is 10.8. The quantitative estimate of drug-likeness (QED) is 0.111. The summed E-state index contributed by atoms with van der Waals surface area (Å²) in [6, 6.07) is 23.9. The first kappa shape index (κ1) is 25.6. The topological polar surface area (TPSA) is 109 Å². The average molecular weight is 565 g/mol. The molecule has 0 aliphatic carbocycles. The standard InChI is InChI=1S/C27H24N4O2S4/c1-34-27-20(15-23(36-27)25(28)29)26-30-22(16-35-26)21(14-17-8-3-2-4-9-17)31-37(32,33)24-13-7-11-18-10-5-6-12-19(18)24/h2-13,15-16,21,31H,14H2,1H3,(H3,28,29). The van der Waals surface area contributed by atoms with Crippen LogP contribution in [0.2, 0.25) is 0 Å². The number of fused-ring (bicyclic) bond motifs is 1. The van der Waals surface area contributed by atoms with Gasteiger partial charge >= 0.3 is 0 Å². The normalized spacial score (nSPS) is 12.6. The van der Waals surface area contributed by atoms with E-state index in [4.69, 9.17) is 16.1 Å². The van der Waals surface area contributed by atoms with Gasteiger partial charge in [0, 0.05) is 16.3 Å². The van der Waals surface area contributed by atoms with Crippen LogP contribution in [0.25, 0.3) is 21.3 Å². The van der Waals surface area contributed by atoms with Crippen molar-refractivity contribution < 1.29 is 8.42 Å². The van der Waals surface area contributed by atoms with Gasteiger partial charge < -0.3 is 5.73 Å². The van der Waals surface area contributed by atoms with Crippen LogP contribution in [0, 0.1) is 5.41 Å². The van der Waals surface area contributed by atoms with Crippen LogP contribution in [0.1, 0.15) is 22.2 Å². The first-order chi connectivity index (χ1) is 17.9. The molecule has 3 aromatic carbocycles. The van der Waals surface area contributed by atoms with Crippen molar-refractivity contribution in [1.82, 2.24) is 9.71 Å². The molecule has 1 atom stereocenters. The Labute approximate surface area is 228 Å². The minimum Gasteiger partial charge on any atom is -0.383 e. The molecular weight excluding hydrogens is 541 g/mol. The Morgan fingerprint density at radius 3 is 2.57 bits per heavy atom. The van der Waals surface area contributed by atoms with Crippen molar-refractivity contribution in [1.29, 1.82) is 5.41 Å². The number of benzene rings is 3. The van der Waals surface area contributed by atoms with E-state index in [2.05, 4.69) is 4.72 Å². The summed E-state index contributed by atoms with van der Waals surface area (Å²) in [6.07, 6.45) is 2.43. The highest BCUT2D eigenvalue weighted by atomic mass is 32.2. The fraction of sp³-hybridized carbons (Fsp3) is 0.111. The van der Waals surface area contributed by atoms with Gasteiger partial charge in [0.1, 0.15) is 10.8 Å². The first-order valence-corrected chi connectivity index (χ1v) is 15.8. The van der Waals surface area contributed by atoms with E-state index >= 15 is 0 Å². The number of nitrogen functional groups attached to an aromatic ring is 1. The lowest BCUT2D eigenvalue weighted by Crippen LogP contribution is -2.30. The number of nitrogens with one attached hydrogen (secondary N) is 2. The molecule has 0 radical (unpaired) electrons. The highest BCUT2D eigenvalue weighted by Crippen LogP contribution is 2.40. The summed E-state index contributed by atoms with van der Waals surface area (Å²) in [6.45, 7) is 0. The number of sulfonamides is 1. The molecule has 0 fully saturated rings. The molecule has 5 aromatic rings. The number of thioether (sulfide) groups is 1. The first-order valence-electron chi connectivity index (χ1n) is 11.4. The molecule has 6 nitrogen and oxygen atoms in total. The number of nitrogens with two attached hydrogens (primary N) is 1. The highest BCUT2D eigenvalue weighted by molar-refractivity contribution is 8.00. The van der Waals surface area contributed by atoms with Gasteiger partial charge in [0.15, 0.2) is 0 Å². The molecule has 4 N–H and O–H groups in total. The second-order valence-electron chi connectivity index (χ2n) is 8.35. The summed E-state index contributed by atoms with van der Waals surface area (Å²) in [5.74, 6) is 0.0214. The third kappa shape index (κ3) is 5.48. The van der Waals surface area contributed by atoms with Crippen LogP contribution in [0.4, 0.5) is 0 Å². The van der Waals surface area contributed by atoms with Gasteiger partial charge in [0.2, 0.25) is 10.0 Å². The Kier molecular flexibility index (Phi) is 7.45. The maximum atomic E-state index is 13.7. The Balaban J connectivity index is 1.54. The maximum Gasteiger partial charge on any atom is 0.241 e. The monoisotopic (exact) mass is 564 g/mol. The highest BCUT2D eigenvalue weighted by Gasteiger charge is 2.26. The number of aromatic nitrogens is 1. The lowest BCUT2D eigenvalue weighted by Gasteiger charge is -2.18. The number of amidine groups is 1. The summed E-state index contributed by atoms with van der Waals surface area (Å²) in [5, 5.41) is 12.0. The van der Waals surface area contributed by atoms with Crippen LogP contribution < -0.4 is 10.5 Å². The van der Waals surface area contributed by atoms with Crippen molar-refractivity contribution in [2.75, 3.05) is 6.26 Å². The molecule has 1 unspecified atom stereocenters. The fourth-order valence-electron chi connectivity index (χ4n) is 4.11. The van der Waals surface area contributed by atoms with E-state index in [-0.39, 0.29) is 10.7 Å². The molecule has 2 aromatic heterocycles. The van der Waals surface area contributed by atoms with Crippen molar-refractivity contribution in [2.24, 2.45) is 5.73 Å². The predicted octanol–water partition coefficient (Wildman–Crippen LogP) is 6.29. The van der Waals surface area contributed by atoms with Crippen LogP contribution in [0.3, 0.4) is 0 Å². The summed E-state index contributed by atoms with van der Waals surface area (Å²) in [5.41, 5.74) is 8.28. The summed E-state index contributed by atoms with van der Waals surface area (Å²) in [7, 11) is -3.86. The smallest absolute Gasteiger partial charge is 0.241 e. The average Bonchev–Trinajstić information content (AvgIpc) is 3.56. The van der Waals surface area contributed by atoms with Crippen molar-refractivity contribution in [3.63, 3.8) is 0 Å². The van der Waals surface area contributed by atoms with E-state index in [1.807, 2.05) is 78.4 Å². The Bertz CT molecular complexity index is 1670. The number of hydrogen-bond donors (Lipinski definition) is 3. The van der Waals surface area contributed by atoms with Gasteiger partial charge in [0.05, 0.1) is 25.7 Å². The zero-order chi connectivity index (χ0) is 26.0. The summed E-state index contributed by atoms with van der Waals surface area (Å²) >= 11 is 4.49. The number of hydrogen-bond acceptors (Lipinski definition) is 7. The molecule has 5 rings (SSSR count). The van der Waals surface area contributed by atoms with Crippen LogP contribution in [0.5, 0.6) is 0 Å². The Morgan fingerprint density at radius 1 is 1.08 bits per heavy atom. The Hall–Kier alpha value is -3.02. The lowest BCUT2D eigenvalue weighted by atomic mass is 10.1. The zero-order valence-electron chi connectivity index (χ0n) is 19.8. The van der Waals surface area contributed by atoms with E-state index in [1.54, 1.807) is 23.9 Å². The van der Waals surface area contributed by atoms with Crippen molar-refractivity contribution in [3.8, 4) is 10.6 Å². The SMILES string of the molecule is CSc1sc(C(=N)N)cc1-c1nc(C(Cc2ccccc2)NS(=O)(=O)c2cccc3ccccc23)cs1. The molecule has 10 heteroatoms. The number of nitrogens with zero attached hydrogens (tertiary/aromatic N) is 1. The molecule has 0 aliphatic rings. The van der Waals surface area contributed by atoms with Gasteiger partial charge in [-0.2, -0.15) is 0 Å². The second-order valence-corrected chi connectivity index (χ2v) is 13.0. The zero-order valence-corrected chi connectivity index (χ0v) is 23.1. The largest absolute Gasteiger partial charge is 0.383 e. The van der Waals surface area contributed by atoms with Crippen LogP contribution in [-0.2, 0) is 16.4 Å². The fourth-order valence-corrected chi connectivity index (χ4v) is 8.31. The number of rotatable bonds is 9. The minimum atomic E-state index is -3.86. The van der Waals surface area contributed by atoms with Crippen LogP contribution in [-0.4, -0.2) is 25.5 Å². The van der Waals surface area contributed by atoms with E-state index in [1.165, 1.54) is 22.7 Å². The number of thiophene rings is 1. The van der Waals surface area contributed by atoms with Crippen molar-refractivity contribution >= 4 is 61.1 Å². The van der Waals surface area contributed by atoms with E-state index in [0.717, 1.165) is 25.7 Å². The maximum absolute atomic E-state index is 13.7. The van der Waals surface area contributed by atoms with E-state index in [0.29, 0.717) is 22.4 Å². The van der Waals surface area contributed by atoms with Gasteiger partial charge in [-0.3, -0.25) is 5.41 Å². The minimum absolute atomic E-state index is 0.0214. The molecule has 37 heavy (non-hydrogen) atoms. The molecule has 0 spiro atoms. The van der Waals surface area contributed by atoms with Crippen molar-refractivity contribution in [3.05, 3.63) is 100 Å². The third-order valence-corrected chi connectivity index (χ3v) is 10.6. The van der Waals surface area contributed by atoms with Crippen molar-refractivity contribution in [2.45, 2.75) is 21.6 Å². The van der Waals surface area contributed by atoms with Gasteiger partial charge in [-0.15, -0.1) is 34.4 Å². The Morgan fingerprint density at radius 2 is 1.81 bits per heavy atom. The van der Waals surface area contributed by atoms with Gasteiger partial charge in [-0.25, -0.2) is 18.1 Å². The van der Waals surface area contributed by atoms with Crippen LogP contribution >= 0.6 is 34.4 Å². The summed E-state index contributed by atoms with van der Waals surface area (Å²) < 4.78 is 31.4. The molecule has 0 saturated heterocycles. The van der Waals surface area contributed by atoms with Gasteiger partial charge in [-0.1, -0.05) is 66.7 Å². The predicted molar refractivity (Wildman–Crippen MR) is 155 cm³/mol. The molecule has 0 saturated carbocycles. The lowest BCUT2D eigenvalue weighted by molar-refractivity contribution is 0.552. The van der Waals surface area contributed by atoms with E-state index in [9.17, 15) is 8.42 Å². The number of thiazole rings is 1. The van der Waals surface area contributed by atoms with E-state index < -0.39 is 16.1 Å².